The monoisotopic (exact) mass is 334 g/mol. The molecular formula is C15H26N8O. The van der Waals surface area contributed by atoms with E-state index in [1.165, 1.54) is 0 Å². The summed E-state index contributed by atoms with van der Waals surface area (Å²) < 4.78 is 7.14. The summed E-state index contributed by atoms with van der Waals surface area (Å²) in [4.78, 5) is 8.75. The highest BCUT2D eigenvalue weighted by Crippen LogP contribution is 2.00. The molecule has 0 aliphatic carbocycles. The minimum Gasteiger partial charge on any atom is -0.357 e. The Morgan fingerprint density at radius 1 is 1.33 bits per heavy atom. The maximum atomic E-state index is 5.09. The summed E-state index contributed by atoms with van der Waals surface area (Å²) in [6, 6.07) is 0. The molecule has 0 saturated heterocycles. The van der Waals surface area contributed by atoms with E-state index < -0.39 is 0 Å². The number of rotatable bonds is 9. The van der Waals surface area contributed by atoms with Gasteiger partial charge in [-0.15, -0.1) is 10.2 Å². The van der Waals surface area contributed by atoms with E-state index in [4.69, 9.17) is 4.52 Å². The second kappa shape index (κ2) is 9.64. The quantitative estimate of drug-likeness (QED) is 0.395. The van der Waals surface area contributed by atoms with Crippen molar-refractivity contribution < 1.29 is 4.52 Å². The summed E-state index contributed by atoms with van der Waals surface area (Å²) in [7, 11) is 0. The molecule has 0 aliphatic rings. The summed E-state index contributed by atoms with van der Waals surface area (Å²) in [5, 5.41) is 18.4. The van der Waals surface area contributed by atoms with Crippen molar-refractivity contribution in [2.75, 3.05) is 19.6 Å². The van der Waals surface area contributed by atoms with Crippen LogP contribution in [0.25, 0.3) is 0 Å². The normalized spacial score (nSPS) is 11.7. The van der Waals surface area contributed by atoms with Crippen molar-refractivity contribution in [3.05, 3.63) is 23.9 Å². The highest BCUT2D eigenvalue weighted by atomic mass is 16.5. The van der Waals surface area contributed by atoms with Crippen molar-refractivity contribution in [3.8, 4) is 0 Å². The van der Waals surface area contributed by atoms with Gasteiger partial charge in [0, 0.05) is 39.0 Å². The molecule has 2 N–H and O–H groups in total. The summed E-state index contributed by atoms with van der Waals surface area (Å²) in [5.41, 5.74) is 0. The van der Waals surface area contributed by atoms with E-state index in [0.29, 0.717) is 18.3 Å². The van der Waals surface area contributed by atoms with Gasteiger partial charge in [-0.25, -0.2) is 0 Å². The molecule has 0 aromatic carbocycles. The van der Waals surface area contributed by atoms with Gasteiger partial charge in [-0.05, 0) is 20.3 Å². The lowest BCUT2D eigenvalue weighted by Crippen LogP contribution is -2.39. The maximum Gasteiger partial charge on any atom is 0.226 e. The Balaban J connectivity index is 1.73. The highest BCUT2D eigenvalue weighted by molar-refractivity contribution is 5.79. The first kappa shape index (κ1) is 17.9. The first-order chi connectivity index (χ1) is 11.7. The van der Waals surface area contributed by atoms with Crippen LogP contribution in [0.1, 0.15) is 37.8 Å². The molecule has 132 valence electrons. The van der Waals surface area contributed by atoms with Crippen molar-refractivity contribution in [2.45, 2.75) is 46.6 Å². The number of aromatic nitrogens is 5. The van der Waals surface area contributed by atoms with E-state index >= 15 is 0 Å². The summed E-state index contributed by atoms with van der Waals surface area (Å²) in [6.07, 6.45) is 4.24. The smallest absolute Gasteiger partial charge is 0.226 e. The lowest BCUT2D eigenvalue weighted by atomic mass is 10.3. The molecule has 9 nitrogen and oxygen atoms in total. The van der Waals surface area contributed by atoms with Crippen molar-refractivity contribution >= 4 is 5.96 Å². The zero-order chi connectivity index (χ0) is 17.2. The fourth-order valence-corrected chi connectivity index (χ4v) is 2.24. The van der Waals surface area contributed by atoms with E-state index in [1.807, 2.05) is 13.8 Å². The molecule has 9 heteroatoms. The Labute approximate surface area is 142 Å². The molecule has 0 aliphatic heterocycles. The Morgan fingerprint density at radius 3 is 2.92 bits per heavy atom. The number of nitrogens with one attached hydrogen (secondary N) is 2. The highest BCUT2D eigenvalue weighted by Gasteiger charge is 2.03. The predicted octanol–water partition coefficient (Wildman–Crippen LogP) is 0.720. The van der Waals surface area contributed by atoms with Gasteiger partial charge in [0.25, 0.3) is 0 Å². The van der Waals surface area contributed by atoms with Crippen LogP contribution in [0.2, 0.25) is 0 Å². The second-order valence-electron chi connectivity index (χ2n) is 5.32. The second-order valence-corrected chi connectivity index (χ2v) is 5.32. The van der Waals surface area contributed by atoms with Gasteiger partial charge in [0.1, 0.15) is 12.2 Å². The van der Waals surface area contributed by atoms with Crippen LogP contribution in [0, 0.1) is 6.92 Å². The molecule has 2 aromatic rings. The van der Waals surface area contributed by atoms with Gasteiger partial charge >= 0.3 is 0 Å². The zero-order valence-corrected chi connectivity index (χ0v) is 14.6. The third-order valence-corrected chi connectivity index (χ3v) is 3.39. The van der Waals surface area contributed by atoms with Crippen LogP contribution in [-0.4, -0.2) is 50.5 Å². The Bertz CT molecular complexity index is 633. The summed E-state index contributed by atoms with van der Waals surface area (Å²) in [6.45, 7) is 9.03. The van der Waals surface area contributed by atoms with Crippen molar-refractivity contribution in [1.82, 2.24) is 35.5 Å². The predicted molar refractivity (Wildman–Crippen MR) is 90.7 cm³/mol. The first-order valence-corrected chi connectivity index (χ1v) is 8.41. The van der Waals surface area contributed by atoms with Crippen LogP contribution < -0.4 is 10.6 Å². The van der Waals surface area contributed by atoms with Gasteiger partial charge in [-0.1, -0.05) is 12.1 Å². The number of nitrogens with zero attached hydrogens (tertiary/aromatic N) is 6. The standard InChI is InChI=1S/C15H26N8O/c1-4-13-21-19-11-23(13)10-9-18-15(16-5-2)17-8-6-7-14-20-12(3)22-24-14/h11H,4-10H2,1-3H3,(H2,16,17,18). The zero-order valence-electron chi connectivity index (χ0n) is 14.6. The molecular weight excluding hydrogens is 308 g/mol. The molecule has 2 aromatic heterocycles. The average molecular weight is 334 g/mol. The van der Waals surface area contributed by atoms with E-state index in [0.717, 1.165) is 50.7 Å². The first-order valence-electron chi connectivity index (χ1n) is 8.41. The van der Waals surface area contributed by atoms with Gasteiger partial charge in [0.15, 0.2) is 11.8 Å². The maximum absolute atomic E-state index is 5.09. The van der Waals surface area contributed by atoms with E-state index in [-0.39, 0.29) is 0 Å². The molecule has 2 heterocycles. The minimum absolute atomic E-state index is 0.667. The van der Waals surface area contributed by atoms with Gasteiger partial charge < -0.3 is 19.7 Å². The summed E-state index contributed by atoms with van der Waals surface area (Å²) in [5.74, 6) is 3.14. The SMILES string of the molecule is CCNC(=NCCCc1nc(C)no1)NCCn1cnnc1CC. The molecule has 0 unspecified atom stereocenters. The number of hydrogen-bond acceptors (Lipinski definition) is 6. The van der Waals surface area contributed by atoms with Gasteiger partial charge in [0.2, 0.25) is 5.89 Å². The number of guanidine groups is 1. The van der Waals surface area contributed by atoms with Crippen molar-refractivity contribution in [2.24, 2.45) is 4.99 Å². The lowest BCUT2D eigenvalue weighted by molar-refractivity contribution is 0.372. The van der Waals surface area contributed by atoms with Gasteiger partial charge in [0.05, 0.1) is 0 Å². The molecule has 0 radical (unpaired) electrons. The third-order valence-electron chi connectivity index (χ3n) is 3.39. The van der Waals surface area contributed by atoms with Crippen LogP contribution in [0.5, 0.6) is 0 Å². The van der Waals surface area contributed by atoms with Crippen molar-refractivity contribution in [3.63, 3.8) is 0 Å². The number of hydrogen-bond donors (Lipinski definition) is 2. The van der Waals surface area contributed by atoms with Crippen LogP contribution in [0.15, 0.2) is 15.8 Å². The van der Waals surface area contributed by atoms with Crippen LogP contribution >= 0.6 is 0 Å². The van der Waals surface area contributed by atoms with E-state index in [9.17, 15) is 0 Å². The topological polar surface area (TPSA) is 106 Å². The molecule has 2 rings (SSSR count). The van der Waals surface area contributed by atoms with Crippen LogP contribution in [0.4, 0.5) is 0 Å². The van der Waals surface area contributed by atoms with E-state index in [2.05, 4.69) is 47.5 Å². The number of aryl methyl sites for hydroxylation is 3. The molecule has 0 atom stereocenters. The Hall–Kier alpha value is -2.45. The molecule has 0 fully saturated rings. The Kier molecular flexibility index (Phi) is 7.19. The van der Waals surface area contributed by atoms with Gasteiger partial charge in [-0.3, -0.25) is 4.99 Å². The Morgan fingerprint density at radius 2 is 2.21 bits per heavy atom. The van der Waals surface area contributed by atoms with Crippen LogP contribution in [0.3, 0.4) is 0 Å². The number of aliphatic imine (C=N–C) groups is 1. The fraction of sp³-hybridized carbons (Fsp3) is 0.667. The molecule has 24 heavy (non-hydrogen) atoms. The fourth-order valence-electron chi connectivity index (χ4n) is 2.24. The average Bonchev–Trinajstić information content (AvgIpc) is 3.20. The third kappa shape index (κ3) is 5.64. The summed E-state index contributed by atoms with van der Waals surface area (Å²) >= 11 is 0. The molecule has 0 saturated carbocycles. The molecule has 0 bridgehead atoms. The minimum atomic E-state index is 0.667. The molecule has 0 amide bonds. The van der Waals surface area contributed by atoms with Gasteiger partial charge in [-0.2, -0.15) is 4.98 Å². The largest absolute Gasteiger partial charge is 0.357 e. The van der Waals surface area contributed by atoms with Crippen molar-refractivity contribution in [1.29, 1.82) is 0 Å². The van der Waals surface area contributed by atoms with Crippen LogP contribution in [-0.2, 0) is 19.4 Å². The molecule has 0 spiro atoms. The lowest BCUT2D eigenvalue weighted by Gasteiger charge is -2.12. The van der Waals surface area contributed by atoms with E-state index in [1.54, 1.807) is 6.33 Å².